The van der Waals surface area contributed by atoms with Crippen LogP contribution in [-0.4, -0.2) is 42.9 Å². The van der Waals surface area contributed by atoms with E-state index >= 15 is 0 Å². The van der Waals surface area contributed by atoms with Crippen molar-refractivity contribution in [2.75, 3.05) is 13.7 Å². The quantitative estimate of drug-likeness (QED) is 0.482. The summed E-state index contributed by atoms with van der Waals surface area (Å²) in [6.45, 7) is 1.31. The van der Waals surface area contributed by atoms with E-state index in [1.54, 1.807) is 18.6 Å². The number of rotatable bonds is 4. The first-order chi connectivity index (χ1) is 14.9. The van der Waals surface area contributed by atoms with Gasteiger partial charge in [0, 0.05) is 32.5 Å². The van der Waals surface area contributed by atoms with Crippen LogP contribution in [0.25, 0.3) is 28.2 Å². The van der Waals surface area contributed by atoms with E-state index in [4.69, 9.17) is 21.1 Å². The van der Waals surface area contributed by atoms with Crippen LogP contribution in [0.1, 0.15) is 12.8 Å². The van der Waals surface area contributed by atoms with Gasteiger partial charge in [-0.25, -0.2) is 4.79 Å². The number of halogens is 1. The smallest absolute Gasteiger partial charge is 0.332 e. The highest BCUT2D eigenvalue weighted by atomic mass is 35.5. The molecule has 0 saturated carbocycles. The molecule has 1 atom stereocenters. The largest absolute Gasteiger partial charge is 0.495 e. The highest BCUT2D eigenvalue weighted by molar-refractivity contribution is 6.32. The number of imidazole rings is 2. The minimum atomic E-state index is -0.411. The van der Waals surface area contributed by atoms with Crippen molar-refractivity contribution in [1.29, 1.82) is 0 Å². The average molecular weight is 444 g/mol. The minimum absolute atomic E-state index is 0.0511. The average Bonchev–Trinajstić information content (AvgIpc) is 3.47. The fourth-order valence-corrected chi connectivity index (χ4v) is 4.50. The van der Waals surface area contributed by atoms with Gasteiger partial charge in [-0.1, -0.05) is 11.6 Å². The second-order valence-electron chi connectivity index (χ2n) is 7.77. The van der Waals surface area contributed by atoms with Crippen molar-refractivity contribution in [2.24, 2.45) is 14.1 Å². The fourth-order valence-electron chi connectivity index (χ4n) is 4.24. The molecular weight excluding hydrogens is 422 g/mol. The summed E-state index contributed by atoms with van der Waals surface area (Å²) in [5.41, 5.74) is 1.62. The summed E-state index contributed by atoms with van der Waals surface area (Å²) in [5, 5.41) is 0.491. The number of methoxy groups -OCH3 is 1. The van der Waals surface area contributed by atoms with E-state index in [2.05, 4.69) is 4.98 Å². The summed E-state index contributed by atoms with van der Waals surface area (Å²) < 4.78 is 17.4. The third-order valence-electron chi connectivity index (χ3n) is 5.91. The maximum Gasteiger partial charge on any atom is 0.332 e. The normalized spacial score (nSPS) is 16.6. The van der Waals surface area contributed by atoms with Gasteiger partial charge in [0.1, 0.15) is 5.75 Å². The van der Waals surface area contributed by atoms with Gasteiger partial charge < -0.3 is 14.0 Å². The van der Waals surface area contributed by atoms with Crippen LogP contribution in [0.3, 0.4) is 0 Å². The number of benzene rings is 1. The van der Waals surface area contributed by atoms with Crippen LogP contribution < -0.4 is 16.0 Å². The molecule has 162 valence electrons. The first-order valence-corrected chi connectivity index (χ1v) is 10.4. The molecule has 0 radical (unpaired) electrons. The molecule has 4 aromatic rings. The minimum Gasteiger partial charge on any atom is -0.495 e. The van der Waals surface area contributed by atoms with Gasteiger partial charge in [0.05, 0.1) is 30.5 Å². The van der Waals surface area contributed by atoms with Crippen molar-refractivity contribution in [1.82, 2.24) is 23.1 Å². The molecule has 1 fully saturated rings. The molecule has 0 unspecified atom stereocenters. The molecule has 10 heteroatoms. The summed E-state index contributed by atoms with van der Waals surface area (Å²) in [7, 11) is 4.66. The highest BCUT2D eigenvalue weighted by Crippen LogP contribution is 2.32. The lowest BCUT2D eigenvalue weighted by atomic mass is 10.1. The zero-order chi connectivity index (χ0) is 21.9. The molecule has 31 heavy (non-hydrogen) atoms. The van der Waals surface area contributed by atoms with Crippen molar-refractivity contribution < 1.29 is 9.47 Å². The standard InChI is InChI=1S/C21H22ClN5O4/c1-24-18-17(19(28)25(2)21(24)29)27-11-15(12-6-7-16(30-3)14(22)9-12)26(20(27)23-18)10-13-5-4-8-31-13/h6-7,9,11,13H,4-5,8,10H2,1-3H3/t13-/m1/s1. The van der Waals surface area contributed by atoms with Crippen molar-refractivity contribution in [3.63, 3.8) is 0 Å². The van der Waals surface area contributed by atoms with E-state index in [1.807, 2.05) is 29.0 Å². The summed E-state index contributed by atoms with van der Waals surface area (Å²) in [6, 6.07) is 5.56. The predicted octanol–water partition coefficient (Wildman–Crippen LogP) is 2.19. The van der Waals surface area contributed by atoms with Crippen LogP contribution in [0.5, 0.6) is 5.75 Å². The number of fused-ring (bicyclic) bond motifs is 3. The molecule has 4 heterocycles. The molecule has 0 aliphatic carbocycles. The van der Waals surface area contributed by atoms with Gasteiger partial charge in [-0.2, -0.15) is 4.98 Å². The first kappa shape index (κ1) is 19.9. The summed E-state index contributed by atoms with van der Waals surface area (Å²) >= 11 is 6.38. The van der Waals surface area contributed by atoms with Crippen molar-refractivity contribution in [2.45, 2.75) is 25.5 Å². The molecule has 0 spiro atoms. The molecular formula is C21H22ClN5O4. The number of aryl methyl sites for hydroxylation is 1. The van der Waals surface area contributed by atoms with Gasteiger partial charge in [0.2, 0.25) is 5.78 Å². The van der Waals surface area contributed by atoms with Crippen LogP contribution >= 0.6 is 11.6 Å². The molecule has 1 aromatic carbocycles. The Balaban J connectivity index is 1.81. The Hall–Kier alpha value is -3.04. The topological polar surface area (TPSA) is 84.7 Å². The zero-order valence-corrected chi connectivity index (χ0v) is 18.2. The lowest BCUT2D eigenvalue weighted by molar-refractivity contribution is 0.0981. The van der Waals surface area contributed by atoms with Gasteiger partial charge in [-0.05, 0) is 31.0 Å². The maximum absolute atomic E-state index is 12.9. The Morgan fingerprint density at radius 2 is 2.06 bits per heavy atom. The SMILES string of the molecule is COc1ccc(-c2cn3c4c(=O)n(C)c(=O)n(C)c4nc3n2C[C@H]2CCCO2)cc1Cl. The number of ether oxygens (including phenoxy) is 2. The molecule has 0 amide bonds. The lowest BCUT2D eigenvalue weighted by Gasteiger charge is -2.14. The van der Waals surface area contributed by atoms with Gasteiger partial charge in [-0.15, -0.1) is 0 Å². The Labute approximate surface area is 182 Å². The van der Waals surface area contributed by atoms with Crippen LogP contribution in [-0.2, 0) is 25.4 Å². The van der Waals surface area contributed by atoms with Gasteiger partial charge >= 0.3 is 5.69 Å². The van der Waals surface area contributed by atoms with Crippen molar-refractivity contribution in [3.8, 4) is 17.0 Å². The Morgan fingerprint density at radius 1 is 1.26 bits per heavy atom. The first-order valence-electron chi connectivity index (χ1n) is 10.0. The third-order valence-corrected chi connectivity index (χ3v) is 6.21. The van der Waals surface area contributed by atoms with Crippen LogP contribution in [0.15, 0.2) is 34.0 Å². The third kappa shape index (κ3) is 2.99. The molecule has 0 N–H and O–H groups in total. The summed E-state index contributed by atoms with van der Waals surface area (Å²) in [5.74, 6) is 1.16. The van der Waals surface area contributed by atoms with E-state index in [0.29, 0.717) is 34.3 Å². The Morgan fingerprint density at radius 3 is 2.74 bits per heavy atom. The van der Waals surface area contributed by atoms with E-state index in [9.17, 15) is 9.59 Å². The molecule has 3 aromatic heterocycles. The van der Waals surface area contributed by atoms with E-state index in [0.717, 1.165) is 35.3 Å². The second kappa shape index (κ2) is 7.28. The number of hydrogen-bond donors (Lipinski definition) is 0. The van der Waals surface area contributed by atoms with E-state index in [1.165, 1.54) is 11.6 Å². The number of hydrogen-bond acceptors (Lipinski definition) is 5. The summed E-state index contributed by atoms with van der Waals surface area (Å²) in [4.78, 5) is 30.0. The monoisotopic (exact) mass is 443 g/mol. The predicted molar refractivity (Wildman–Crippen MR) is 117 cm³/mol. The van der Waals surface area contributed by atoms with Gasteiger partial charge in [0.15, 0.2) is 11.2 Å². The molecule has 1 aliphatic rings. The fraction of sp³-hybridized carbons (Fsp3) is 0.381. The van der Waals surface area contributed by atoms with Crippen molar-refractivity contribution in [3.05, 3.63) is 50.3 Å². The van der Waals surface area contributed by atoms with Crippen molar-refractivity contribution >= 4 is 28.5 Å². The van der Waals surface area contributed by atoms with Crippen LogP contribution in [0.4, 0.5) is 0 Å². The van der Waals surface area contributed by atoms with Gasteiger partial charge in [0.25, 0.3) is 5.56 Å². The molecule has 1 saturated heterocycles. The highest BCUT2D eigenvalue weighted by Gasteiger charge is 2.24. The maximum atomic E-state index is 12.9. The van der Waals surface area contributed by atoms with E-state index in [-0.39, 0.29) is 11.7 Å². The molecule has 1 aliphatic heterocycles. The number of aromatic nitrogens is 5. The molecule has 0 bridgehead atoms. The van der Waals surface area contributed by atoms with Crippen LogP contribution in [0, 0.1) is 0 Å². The Kier molecular flexibility index (Phi) is 4.67. The molecule has 9 nitrogen and oxygen atoms in total. The lowest BCUT2D eigenvalue weighted by Crippen LogP contribution is -2.37. The Bertz CT molecular complexity index is 1440. The summed E-state index contributed by atoms with van der Waals surface area (Å²) in [6.07, 6.45) is 3.88. The molecule has 5 rings (SSSR count). The van der Waals surface area contributed by atoms with E-state index < -0.39 is 5.69 Å². The second-order valence-corrected chi connectivity index (χ2v) is 8.18. The van der Waals surface area contributed by atoms with Gasteiger partial charge in [-0.3, -0.25) is 18.3 Å². The van der Waals surface area contributed by atoms with Crippen LogP contribution in [0.2, 0.25) is 5.02 Å². The number of nitrogens with zero attached hydrogens (tertiary/aromatic N) is 5. The zero-order valence-electron chi connectivity index (χ0n) is 17.5.